The summed E-state index contributed by atoms with van der Waals surface area (Å²) in [5.41, 5.74) is 0.0660. The van der Waals surface area contributed by atoms with E-state index >= 15 is 0 Å². The number of anilines is 1. The van der Waals surface area contributed by atoms with Crippen LogP contribution in [0, 0.1) is 11.7 Å². The predicted octanol–water partition coefficient (Wildman–Crippen LogP) is 1.88. The van der Waals surface area contributed by atoms with Crippen LogP contribution in [-0.2, 0) is 14.8 Å². The number of nitrogens with zero attached hydrogens (tertiary/aromatic N) is 1. The smallest absolute Gasteiger partial charge is 0.227 e. The Balaban J connectivity index is 2.29. The van der Waals surface area contributed by atoms with Crippen LogP contribution in [0.2, 0.25) is 5.02 Å². The van der Waals surface area contributed by atoms with Gasteiger partial charge in [-0.05, 0) is 28.1 Å². The third kappa shape index (κ3) is 3.49. The van der Waals surface area contributed by atoms with Gasteiger partial charge in [-0.25, -0.2) is 17.9 Å². The Morgan fingerprint density at radius 2 is 2.15 bits per heavy atom. The van der Waals surface area contributed by atoms with Gasteiger partial charge >= 0.3 is 0 Å². The second-order valence-electron chi connectivity index (χ2n) is 4.62. The summed E-state index contributed by atoms with van der Waals surface area (Å²) in [5, 5.41) is 5.17. The topological polar surface area (TPSA) is 80.5 Å². The van der Waals surface area contributed by atoms with E-state index in [1.165, 1.54) is 11.0 Å². The highest BCUT2D eigenvalue weighted by molar-refractivity contribution is 9.10. The lowest BCUT2D eigenvalue weighted by Crippen LogP contribution is -2.28. The first-order valence-electron chi connectivity index (χ1n) is 5.63. The van der Waals surface area contributed by atoms with Crippen molar-refractivity contribution in [3.63, 3.8) is 0 Å². The summed E-state index contributed by atoms with van der Waals surface area (Å²) < 4.78 is 36.4. The van der Waals surface area contributed by atoms with E-state index in [-0.39, 0.29) is 35.3 Å². The molecule has 1 heterocycles. The van der Waals surface area contributed by atoms with Gasteiger partial charge in [-0.1, -0.05) is 11.6 Å². The molecule has 1 aromatic carbocycles. The third-order valence-corrected chi connectivity index (χ3v) is 4.68. The van der Waals surface area contributed by atoms with Crippen molar-refractivity contribution in [2.75, 3.05) is 17.2 Å². The molecule has 1 aromatic rings. The lowest BCUT2D eigenvalue weighted by atomic mass is 10.1. The fourth-order valence-electron chi connectivity index (χ4n) is 2.23. The van der Waals surface area contributed by atoms with Crippen molar-refractivity contribution in [2.45, 2.75) is 6.42 Å². The fraction of sp³-hybridized carbons (Fsp3) is 0.364. The highest BCUT2D eigenvalue weighted by Gasteiger charge is 2.35. The SMILES string of the molecule is NS(=O)(=O)CC1CC(=O)N(c2c(F)cc(Cl)cc2Br)C1. The van der Waals surface area contributed by atoms with Crippen LogP contribution >= 0.6 is 27.5 Å². The summed E-state index contributed by atoms with van der Waals surface area (Å²) >= 11 is 8.87. The molecule has 0 spiro atoms. The van der Waals surface area contributed by atoms with Crippen LogP contribution in [0.15, 0.2) is 16.6 Å². The lowest BCUT2D eigenvalue weighted by molar-refractivity contribution is -0.117. The number of primary sulfonamides is 1. The third-order valence-electron chi connectivity index (χ3n) is 2.92. The molecule has 1 aliphatic heterocycles. The summed E-state index contributed by atoms with van der Waals surface area (Å²) in [6.45, 7) is 0.104. The fourth-order valence-corrected chi connectivity index (χ4v) is 4.10. The number of benzene rings is 1. The summed E-state index contributed by atoms with van der Waals surface area (Å²) in [6.07, 6.45) is 0.0188. The quantitative estimate of drug-likeness (QED) is 0.862. The Hall–Kier alpha value is -0.700. The van der Waals surface area contributed by atoms with Crippen LogP contribution in [0.5, 0.6) is 0 Å². The molecule has 0 radical (unpaired) electrons. The number of hydrogen-bond acceptors (Lipinski definition) is 3. The highest BCUT2D eigenvalue weighted by Crippen LogP contribution is 2.36. The summed E-state index contributed by atoms with van der Waals surface area (Å²) in [4.78, 5) is 13.1. The van der Waals surface area contributed by atoms with Crippen molar-refractivity contribution in [3.05, 3.63) is 27.4 Å². The Bertz CT molecular complexity index is 645. The van der Waals surface area contributed by atoms with E-state index < -0.39 is 21.8 Å². The Kier molecular flexibility index (Phi) is 4.38. The maximum atomic E-state index is 14.0. The molecule has 0 saturated carbocycles. The molecule has 2 N–H and O–H groups in total. The van der Waals surface area contributed by atoms with Gasteiger partial charge in [0.2, 0.25) is 15.9 Å². The average Bonchev–Trinajstić information content (AvgIpc) is 2.55. The molecule has 110 valence electrons. The maximum absolute atomic E-state index is 14.0. The molecule has 1 saturated heterocycles. The van der Waals surface area contributed by atoms with Crippen molar-refractivity contribution in [1.82, 2.24) is 0 Å². The van der Waals surface area contributed by atoms with Gasteiger partial charge in [-0.3, -0.25) is 4.79 Å². The number of rotatable bonds is 3. The minimum atomic E-state index is -3.67. The Labute approximate surface area is 129 Å². The molecule has 20 heavy (non-hydrogen) atoms. The molecule has 0 aromatic heterocycles. The largest absolute Gasteiger partial charge is 0.308 e. The molecule has 9 heteroatoms. The first kappa shape index (κ1) is 15.7. The van der Waals surface area contributed by atoms with Crippen LogP contribution < -0.4 is 10.0 Å². The molecular weight excluding hydrogens is 375 g/mol. The van der Waals surface area contributed by atoms with Gasteiger partial charge in [0.25, 0.3) is 0 Å². The van der Waals surface area contributed by atoms with Gasteiger partial charge in [-0.15, -0.1) is 0 Å². The maximum Gasteiger partial charge on any atom is 0.227 e. The molecule has 0 bridgehead atoms. The van der Waals surface area contributed by atoms with Gasteiger partial charge in [0.1, 0.15) is 5.82 Å². The van der Waals surface area contributed by atoms with Crippen LogP contribution in [0.4, 0.5) is 10.1 Å². The van der Waals surface area contributed by atoms with E-state index in [4.69, 9.17) is 16.7 Å². The lowest BCUT2D eigenvalue weighted by Gasteiger charge is -2.19. The van der Waals surface area contributed by atoms with E-state index in [1.807, 2.05) is 0 Å². The van der Waals surface area contributed by atoms with Crippen LogP contribution in [0.25, 0.3) is 0 Å². The zero-order valence-corrected chi connectivity index (χ0v) is 13.3. The molecule has 1 amide bonds. The van der Waals surface area contributed by atoms with Crippen LogP contribution in [0.3, 0.4) is 0 Å². The zero-order chi connectivity index (χ0) is 15.1. The van der Waals surface area contributed by atoms with Crippen molar-refractivity contribution in [1.29, 1.82) is 0 Å². The number of hydrogen-bond donors (Lipinski definition) is 1. The summed E-state index contributed by atoms with van der Waals surface area (Å²) in [5.74, 6) is -1.74. The standard InChI is InChI=1S/C11H11BrClFN2O3S/c12-8-2-7(13)3-9(14)11(8)16-4-6(1-10(16)17)5-20(15,18)19/h2-3,6H,1,4-5H2,(H2,15,18,19). The minimum absolute atomic E-state index is 0.0188. The van der Waals surface area contributed by atoms with Gasteiger partial charge in [0.15, 0.2) is 0 Å². The normalized spacial score (nSPS) is 19.7. The number of carbonyl (C=O) groups excluding carboxylic acids is 1. The predicted molar refractivity (Wildman–Crippen MR) is 77.5 cm³/mol. The van der Waals surface area contributed by atoms with E-state index in [0.29, 0.717) is 4.47 Å². The minimum Gasteiger partial charge on any atom is -0.308 e. The van der Waals surface area contributed by atoms with E-state index in [1.54, 1.807) is 0 Å². The number of sulfonamides is 1. The van der Waals surface area contributed by atoms with Crippen molar-refractivity contribution < 1.29 is 17.6 Å². The first-order valence-corrected chi connectivity index (χ1v) is 8.51. The Morgan fingerprint density at radius 3 is 2.70 bits per heavy atom. The Morgan fingerprint density at radius 1 is 1.50 bits per heavy atom. The first-order chi connectivity index (χ1) is 9.17. The molecule has 1 aliphatic rings. The molecule has 1 fully saturated rings. The molecule has 1 atom stereocenters. The van der Waals surface area contributed by atoms with Crippen molar-refractivity contribution >= 4 is 49.1 Å². The number of carbonyl (C=O) groups is 1. The monoisotopic (exact) mass is 384 g/mol. The average molecular weight is 386 g/mol. The number of nitrogens with two attached hydrogens (primary N) is 1. The number of halogens is 3. The van der Waals surface area contributed by atoms with Crippen molar-refractivity contribution in [3.8, 4) is 0 Å². The molecule has 2 rings (SSSR count). The second-order valence-corrected chi connectivity index (χ2v) is 7.57. The molecule has 1 unspecified atom stereocenters. The van der Waals surface area contributed by atoms with E-state index in [0.717, 1.165) is 6.07 Å². The number of amides is 1. The molecule has 5 nitrogen and oxygen atoms in total. The van der Waals surface area contributed by atoms with Gasteiger partial charge in [0, 0.05) is 28.4 Å². The van der Waals surface area contributed by atoms with Crippen LogP contribution in [0.1, 0.15) is 6.42 Å². The van der Waals surface area contributed by atoms with E-state index in [9.17, 15) is 17.6 Å². The molecule has 0 aliphatic carbocycles. The van der Waals surface area contributed by atoms with Crippen LogP contribution in [-0.4, -0.2) is 26.6 Å². The van der Waals surface area contributed by atoms with Gasteiger partial charge in [-0.2, -0.15) is 0 Å². The van der Waals surface area contributed by atoms with E-state index in [2.05, 4.69) is 15.9 Å². The van der Waals surface area contributed by atoms with Gasteiger partial charge < -0.3 is 4.90 Å². The molecular formula is C11H11BrClFN2O3S. The summed E-state index contributed by atoms with van der Waals surface area (Å²) in [7, 11) is -3.67. The zero-order valence-electron chi connectivity index (χ0n) is 10.1. The highest BCUT2D eigenvalue weighted by atomic mass is 79.9. The van der Waals surface area contributed by atoms with Crippen molar-refractivity contribution in [2.24, 2.45) is 11.1 Å². The summed E-state index contributed by atoms with van der Waals surface area (Å²) in [6, 6.07) is 2.57. The van der Waals surface area contributed by atoms with Gasteiger partial charge in [0.05, 0.1) is 11.4 Å². The second kappa shape index (κ2) is 5.59.